The lowest BCUT2D eigenvalue weighted by Crippen LogP contribution is -2.07. The lowest BCUT2D eigenvalue weighted by atomic mass is 10.1. The molecule has 1 aromatic carbocycles. The molecule has 0 amide bonds. The van der Waals surface area contributed by atoms with E-state index in [9.17, 15) is 0 Å². The number of hydrogen-bond donors (Lipinski definition) is 1. The highest BCUT2D eigenvalue weighted by Gasteiger charge is 2.15. The lowest BCUT2D eigenvalue weighted by molar-refractivity contribution is 0.174. The van der Waals surface area contributed by atoms with Gasteiger partial charge in [0.05, 0.1) is 11.9 Å². The Morgan fingerprint density at radius 3 is 2.85 bits per heavy atom. The number of benzene rings is 1. The van der Waals surface area contributed by atoms with Crippen molar-refractivity contribution < 1.29 is 9.47 Å². The lowest BCUT2D eigenvalue weighted by Gasteiger charge is -2.16. The molecule has 5 heteroatoms. The number of aromatic nitrogens is 1. The van der Waals surface area contributed by atoms with E-state index in [0.717, 1.165) is 28.3 Å². The van der Waals surface area contributed by atoms with Crippen molar-refractivity contribution in [1.82, 2.24) is 4.98 Å². The molecular formula is C15H15ClN2O2. The number of ether oxygens (including phenoxy) is 2. The van der Waals surface area contributed by atoms with Crippen LogP contribution in [0.2, 0.25) is 5.15 Å². The van der Waals surface area contributed by atoms with E-state index in [1.165, 1.54) is 0 Å². The topological polar surface area (TPSA) is 43.4 Å². The first-order valence-corrected chi connectivity index (χ1v) is 6.79. The third-order valence-corrected chi connectivity index (χ3v) is 3.69. The third-order valence-electron chi connectivity index (χ3n) is 3.29. The zero-order valence-corrected chi connectivity index (χ0v) is 12.1. The Morgan fingerprint density at radius 1 is 1.25 bits per heavy atom. The average molecular weight is 291 g/mol. The minimum atomic E-state index is 0.131. The van der Waals surface area contributed by atoms with Gasteiger partial charge in [-0.2, -0.15) is 0 Å². The van der Waals surface area contributed by atoms with Crippen LogP contribution in [0.4, 0.5) is 5.69 Å². The standard InChI is InChI=1S/C15H15ClN2O2/c1-9-5-12(7-17-15(9)16)18-10(2)11-3-4-13-14(6-11)20-8-19-13/h3-7,10,18H,8H2,1-2H3. The van der Waals surface area contributed by atoms with Gasteiger partial charge >= 0.3 is 0 Å². The maximum atomic E-state index is 5.93. The molecule has 0 bridgehead atoms. The Hall–Kier alpha value is -1.94. The quantitative estimate of drug-likeness (QED) is 0.870. The SMILES string of the molecule is Cc1cc(NC(C)c2ccc3c(c2)OCO3)cnc1Cl. The van der Waals surface area contributed by atoms with Crippen LogP contribution in [0, 0.1) is 6.92 Å². The van der Waals surface area contributed by atoms with E-state index in [1.54, 1.807) is 6.20 Å². The maximum absolute atomic E-state index is 5.93. The van der Waals surface area contributed by atoms with Gasteiger partial charge in [0.1, 0.15) is 5.15 Å². The average Bonchev–Trinajstić information content (AvgIpc) is 2.90. The van der Waals surface area contributed by atoms with Crippen LogP contribution in [-0.4, -0.2) is 11.8 Å². The Morgan fingerprint density at radius 2 is 2.05 bits per heavy atom. The van der Waals surface area contributed by atoms with E-state index in [4.69, 9.17) is 21.1 Å². The third kappa shape index (κ3) is 2.51. The first kappa shape index (κ1) is 13.1. The molecular weight excluding hydrogens is 276 g/mol. The van der Waals surface area contributed by atoms with Gasteiger partial charge in [0.2, 0.25) is 6.79 Å². The van der Waals surface area contributed by atoms with Gasteiger partial charge in [0.25, 0.3) is 0 Å². The molecule has 0 radical (unpaired) electrons. The first-order chi connectivity index (χ1) is 9.63. The highest BCUT2D eigenvalue weighted by molar-refractivity contribution is 6.30. The fourth-order valence-electron chi connectivity index (χ4n) is 2.15. The number of nitrogens with one attached hydrogen (secondary N) is 1. The summed E-state index contributed by atoms with van der Waals surface area (Å²) in [6, 6.07) is 8.07. The van der Waals surface area contributed by atoms with Crippen molar-refractivity contribution in [3.05, 3.63) is 46.7 Å². The molecule has 1 atom stereocenters. The van der Waals surface area contributed by atoms with Crippen molar-refractivity contribution in [2.24, 2.45) is 0 Å². The number of fused-ring (bicyclic) bond motifs is 1. The van der Waals surface area contributed by atoms with Crippen molar-refractivity contribution >= 4 is 17.3 Å². The predicted octanol–water partition coefficient (Wildman–Crippen LogP) is 3.95. The van der Waals surface area contributed by atoms with Crippen LogP contribution >= 0.6 is 11.6 Å². The van der Waals surface area contributed by atoms with Crippen LogP contribution in [0.1, 0.15) is 24.1 Å². The second-order valence-electron chi connectivity index (χ2n) is 4.81. The van der Waals surface area contributed by atoms with Gasteiger partial charge in [-0.1, -0.05) is 17.7 Å². The van der Waals surface area contributed by atoms with Gasteiger partial charge in [-0.15, -0.1) is 0 Å². The van der Waals surface area contributed by atoms with Gasteiger partial charge in [-0.25, -0.2) is 4.98 Å². The number of aryl methyl sites for hydroxylation is 1. The molecule has 0 spiro atoms. The summed E-state index contributed by atoms with van der Waals surface area (Å²) in [7, 11) is 0. The molecule has 104 valence electrons. The summed E-state index contributed by atoms with van der Waals surface area (Å²) in [4.78, 5) is 4.14. The van der Waals surface area contributed by atoms with E-state index in [2.05, 4.69) is 17.2 Å². The Bertz CT molecular complexity index is 646. The van der Waals surface area contributed by atoms with E-state index in [-0.39, 0.29) is 6.04 Å². The fourth-order valence-corrected chi connectivity index (χ4v) is 2.26. The molecule has 0 saturated heterocycles. The van der Waals surface area contributed by atoms with Crippen LogP contribution in [0.25, 0.3) is 0 Å². The summed E-state index contributed by atoms with van der Waals surface area (Å²) in [5, 5.41) is 3.93. The highest BCUT2D eigenvalue weighted by Crippen LogP contribution is 2.34. The minimum absolute atomic E-state index is 0.131. The number of hydrogen-bond acceptors (Lipinski definition) is 4. The Balaban J connectivity index is 1.78. The summed E-state index contributed by atoms with van der Waals surface area (Å²) < 4.78 is 10.7. The Kier molecular flexibility index (Phi) is 3.40. The van der Waals surface area contributed by atoms with Crippen molar-refractivity contribution in [3.63, 3.8) is 0 Å². The molecule has 1 N–H and O–H groups in total. The number of rotatable bonds is 3. The Labute approximate surface area is 122 Å². The summed E-state index contributed by atoms with van der Waals surface area (Å²) in [5.74, 6) is 1.59. The summed E-state index contributed by atoms with van der Waals surface area (Å²) >= 11 is 5.93. The van der Waals surface area contributed by atoms with Crippen LogP contribution < -0.4 is 14.8 Å². The molecule has 3 rings (SSSR count). The predicted molar refractivity (Wildman–Crippen MR) is 78.6 cm³/mol. The second-order valence-corrected chi connectivity index (χ2v) is 5.17. The zero-order chi connectivity index (χ0) is 14.1. The zero-order valence-electron chi connectivity index (χ0n) is 11.3. The van der Waals surface area contributed by atoms with Crippen LogP contribution in [0.3, 0.4) is 0 Å². The number of anilines is 1. The van der Waals surface area contributed by atoms with E-state index in [0.29, 0.717) is 11.9 Å². The summed E-state index contributed by atoms with van der Waals surface area (Å²) in [5.41, 5.74) is 3.02. The maximum Gasteiger partial charge on any atom is 0.231 e. The molecule has 0 fully saturated rings. The molecule has 1 aromatic heterocycles. The van der Waals surface area contributed by atoms with Crippen molar-refractivity contribution in [3.8, 4) is 11.5 Å². The molecule has 1 aliphatic heterocycles. The molecule has 0 aliphatic carbocycles. The van der Waals surface area contributed by atoms with Gasteiger partial charge in [0.15, 0.2) is 11.5 Å². The van der Waals surface area contributed by atoms with Gasteiger partial charge in [-0.05, 0) is 43.2 Å². The van der Waals surface area contributed by atoms with Crippen LogP contribution in [0.5, 0.6) is 11.5 Å². The normalized spacial score (nSPS) is 14.2. The van der Waals surface area contributed by atoms with E-state index < -0.39 is 0 Å². The van der Waals surface area contributed by atoms with Crippen molar-refractivity contribution in [2.75, 3.05) is 12.1 Å². The van der Waals surface area contributed by atoms with Crippen molar-refractivity contribution in [1.29, 1.82) is 0 Å². The molecule has 20 heavy (non-hydrogen) atoms. The number of nitrogens with zero attached hydrogens (tertiary/aromatic N) is 1. The molecule has 1 unspecified atom stereocenters. The molecule has 4 nitrogen and oxygen atoms in total. The molecule has 2 aromatic rings. The molecule has 0 saturated carbocycles. The monoisotopic (exact) mass is 290 g/mol. The van der Waals surface area contributed by atoms with Gasteiger partial charge in [0, 0.05) is 6.04 Å². The second kappa shape index (κ2) is 5.21. The molecule has 2 heterocycles. The largest absolute Gasteiger partial charge is 0.454 e. The van der Waals surface area contributed by atoms with E-state index >= 15 is 0 Å². The smallest absolute Gasteiger partial charge is 0.231 e. The summed E-state index contributed by atoms with van der Waals surface area (Å²) in [6.45, 7) is 4.31. The molecule has 1 aliphatic rings. The minimum Gasteiger partial charge on any atom is -0.454 e. The highest BCUT2D eigenvalue weighted by atomic mass is 35.5. The summed E-state index contributed by atoms with van der Waals surface area (Å²) in [6.07, 6.45) is 1.73. The van der Waals surface area contributed by atoms with Crippen LogP contribution in [0.15, 0.2) is 30.5 Å². The number of pyridine rings is 1. The van der Waals surface area contributed by atoms with Gasteiger partial charge in [-0.3, -0.25) is 0 Å². The van der Waals surface area contributed by atoms with Crippen LogP contribution in [-0.2, 0) is 0 Å². The van der Waals surface area contributed by atoms with Gasteiger partial charge < -0.3 is 14.8 Å². The number of halogens is 1. The fraction of sp³-hybridized carbons (Fsp3) is 0.267. The van der Waals surface area contributed by atoms with Crippen molar-refractivity contribution in [2.45, 2.75) is 19.9 Å². The first-order valence-electron chi connectivity index (χ1n) is 6.42. The van der Waals surface area contributed by atoms with E-state index in [1.807, 2.05) is 31.2 Å².